The van der Waals surface area contributed by atoms with Crippen LogP contribution in [-0.2, 0) is 39.8 Å². The molecule has 0 unspecified atom stereocenters. The summed E-state index contributed by atoms with van der Waals surface area (Å²) in [5, 5.41) is 60.6. The van der Waals surface area contributed by atoms with Crippen LogP contribution in [0.15, 0.2) is 57.9 Å². The van der Waals surface area contributed by atoms with Gasteiger partial charge in [-0.25, -0.2) is 14.4 Å². The first-order valence-electron chi connectivity index (χ1n) is 18.6. The average Bonchev–Trinajstić information content (AvgIpc) is 3.60. The lowest BCUT2D eigenvalue weighted by Crippen LogP contribution is -2.59. The van der Waals surface area contributed by atoms with E-state index in [1.54, 1.807) is 25.3 Å². The maximum Gasteiger partial charge on any atom is 0.490 e. The van der Waals surface area contributed by atoms with Gasteiger partial charge in [0.2, 0.25) is 5.91 Å². The number of rotatable bonds is 11. The number of H-pyrrole nitrogens is 1. The largest absolute Gasteiger partial charge is 0.490 e. The highest BCUT2D eigenvalue weighted by atomic mass is 19.4. The van der Waals surface area contributed by atoms with Crippen LogP contribution < -0.4 is 22.3 Å². The molecular formula is C36H46F6N6O15. The normalized spacial score (nSPS) is 27.0. The smallest absolute Gasteiger partial charge is 0.475 e. The van der Waals surface area contributed by atoms with Gasteiger partial charge in [-0.1, -0.05) is 25.5 Å². The van der Waals surface area contributed by atoms with E-state index >= 15 is 0 Å². The van der Waals surface area contributed by atoms with E-state index in [4.69, 9.17) is 39.7 Å². The molecule has 1 aromatic carbocycles. The number of aliphatic hydroxyl groups excluding tert-OH is 4. The lowest BCUT2D eigenvalue weighted by molar-refractivity contribution is -0.232. The Morgan fingerprint density at radius 1 is 0.905 bits per heavy atom. The molecule has 0 spiro atoms. The molecule has 0 saturated carbocycles. The second kappa shape index (κ2) is 21.9. The average molecular weight is 917 g/mol. The van der Waals surface area contributed by atoms with Gasteiger partial charge in [0.15, 0.2) is 12.5 Å². The lowest BCUT2D eigenvalue weighted by atomic mass is 9.97. The molecule has 10 N–H and O–H groups in total. The number of aliphatic hydroxyl groups is 4. The fraction of sp³-hybridized carbons (Fsp3) is 0.556. The summed E-state index contributed by atoms with van der Waals surface area (Å²) >= 11 is 0. The molecule has 0 bridgehead atoms. The van der Waals surface area contributed by atoms with Crippen LogP contribution in [-0.4, -0.2) is 168 Å². The van der Waals surface area contributed by atoms with Crippen LogP contribution >= 0.6 is 0 Å². The Morgan fingerprint density at radius 2 is 1.48 bits per heavy atom. The van der Waals surface area contributed by atoms with E-state index in [1.807, 2.05) is 12.1 Å². The van der Waals surface area contributed by atoms with Crippen molar-refractivity contribution in [3.63, 3.8) is 0 Å². The van der Waals surface area contributed by atoms with Gasteiger partial charge in [0.1, 0.15) is 54.5 Å². The number of carboxylic acids is 2. The molecule has 21 nitrogen and oxygen atoms in total. The third kappa shape index (κ3) is 13.4. The standard InChI is InChI=1S/C32H44N6O11.2C2HF3O2/c1-4-5-6-16-7-9-17(10-8-16)34-28(44)18-11-13-36(2)21(29(45)37(18)3)26(49-31-25(43)22(40)19(15-33)47-31)27-23(41)24(42)30(48-27)38-14-12-20(39)35-32(38)46;2*3-2(4,5)1(6)7/h7-12,14,19,21-27,30-31,40-43H,4-6,13,15,33H2,1-3H3,(H,34,44)(H,35,39,46);2*(H,6,7)/t19-,21+,22-,23+,24-,25-,26+,27+,30-,31+;;/m1../s1. The summed E-state index contributed by atoms with van der Waals surface area (Å²) in [6, 6.07) is 7.10. The molecule has 2 amide bonds. The minimum absolute atomic E-state index is 0.0227. The number of aryl methyl sites for hydroxylation is 1. The van der Waals surface area contributed by atoms with E-state index in [-0.39, 0.29) is 18.8 Å². The van der Waals surface area contributed by atoms with Crippen LogP contribution in [0.5, 0.6) is 0 Å². The van der Waals surface area contributed by atoms with Crippen molar-refractivity contribution in [2.24, 2.45) is 5.73 Å². The molecule has 10 atom stereocenters. The number of halogens is 6. The van der Waals surface area contributed by atoms with E-state index in [2.05, 4.69) is 17.2 Å². The Hall–Kier alpha value is -5.26. The van der Waals surface area contributed by atoms with Gasteiger partial charge >= 0.3 is 30.0 Å². The second-order valence-corrected chi connectivity index (χ2v) is 14.1. The van der Waals surface area contributed by atoms with Crippen LogP contribution in [0.4, 0.5) is 32.0 Å². The number of likely N-dealkylation sites (N-methyl/N-ethyl adjacent to an activating group) is 2. The van der Waals surface area contributed by atoms with Crippen LogP contribution in [0.2, 0.25) is 0 Å². The number of aromatic nitrogens is 2. The van der Waals surface area contributed by atoms with Gasteiger partial charge in [-0.05, 0) is 43.7 Å². The summed E-state index contributed by atoms with van der Waals surface area (Å²) in [6.07, 6.45) is -18.3. The molecule has 2 fully saturated rings. The molecule has 2 saturated heterocycles. The number of nitrogens with zero attached hydrogens (tertiary/aromatic N) is 3. The number of unbranched alkanes of at least 4 members (excludes halogenated alkanes) is 1. The number of aliphatic carboxylic acids is 2. The van der Waals surface area contributed by atoms with Gasteiger partial charge in [-0.2, -0.15) is 26.3 Å². The summed E-state index contributed by atoms with van der Waals surface area (Å²) in [6.45, 7) is 1.96. The molecule has 3 aliphatic rings. The van der Waals surface area contributed by atoms with Gasteiger partial charge in [0.05, 0.1) is 0 Å². The van der Waals surface area contributed by atoms with Gasteiger partial charge < -0.3 is 60.8 Å². The van der Waals surface area contributed by atoms with E-state index < -0.39 is 109 Å². The highest BCUT2D eigenvalue weighted by molar-refractivity contribution is 6.06. The minimum atomic E-state index is -5.08. The zero-order valence-electron chi connectivity index (χ0n) is 33.4. The first kappa shape index (κ1) is 52.1. The molecule has 27 heteroatoms. The highest BCUT2D eigenvalue weighted by Crippen LogP contribution is 2.36. The summed E-state index contributed by atoms with van der Waals surface area (Å²) < 4.78 is 82.1. The van der Waals surface area contributed by atoms with Crippen LogP contribution in [0.3, 0.4) is 0 Å². The summed E-state index contributed by atoms with van der Waals surface area (Å²) in [4.78, 5) is 74.4. The molecule has 1 aromatic heterocycles. The van der Waals surface area contributed by atoms with Gasteiger partial charge in [0.25, 0.3) is 11.5 Å². The number of benzene rings is 1. The number of carbonyl (C=O) groups is 4. The fourth-order valence-electron chi connectivity index (χ4n) is 6.28. The number of carbonyl (C=O) groups excluding carboxylic acids is 2. The Balaban J connectivity index is 0.000000650. The van der Waals surface area contributed by atoms with Gasteiger partial charge in [-0.3, -0.25) is 28.8 Å². The van der Waals surface area contributed by atoms with Crippen molar-refractivity contribution in [1.29, 1.82) is 0 Å². The monoisotopic (exact) mass is 916 g/mol. The highest BCUT2D eigenvalue weighted by Gasteiger charge is 2.55. The molecular weight excluding hydrogens is 870 g/mol. The number of nitrogens with one attached hydrogen (secondary N) is 2. The Morgan fingerprint density at radius 3 is 1.97 bits per heavy atom. The van der Waals surface area contributed by atoms with Crippen molar-refractivity contribution in [1.82, 2.24) is 19.4 Å². The first-order chi connectivity index (χ1) is 29.2. The molecule has 4 heterocycles. The van der Waals surface area contributed by atoms with Crippen LogP contribution in [0.1, 0.15) is 31.6 Å². The van der Waals surface area contributed by atoms with E-state index in [0.717, 1.165) is 46.6 Å². The molecule has 352 valence electrons. The number of amides is 2. The van der Waals surface area contributed by atoms with Crippen molar-refractivity contribution in [2.45, 2.75) is 99.8 Å². The maximum absolute atomic E-state index is 14.3. The SMILES string of the molecule is CCCCc1ccc(NC(=O)C2=CCN(C)[C@@H]([C@H](O[C@@H]3O[C@H](CN)[C@@H](O)[C@H]3O)[C@H]3O[C@@H](n4ccc(=O)[nH]c4=O)[C@H](O)[C@@H]3O)C(=O)N2C)cc1.O=C(O)C(F)(F)F.O=C(O)C(F)(F)F. The van der Waals surface area contributed by atoms with Crippen LogP contribution in [0.25, 0.3) is 0 Å². The zero-order valence-corrected chi connectivity index (χ0v) is 33.4. The molecule has 2 aromatic rings. The lowest BCUT2D eigenvalue weighted by Gasteiger charge is -2.38. The minimum Gasteiger partial charge on any atom is -0.475 e. The number of carboxylic acid groups (broad SMARTS) is 2. The van der Waals surface area contributed by atoms with Crippen molar-refractivity contribution < 1.29 is 90.4 Å². The summed E-state index contributed by atoms with van der Waals surface area (Å²) in [5.74, 6) is -6.75. The molecule has 5 rings (SSSR count). The predicted octanol–water partition coefficient (Wildman–Crippen LogP) is -1.15. The number of nitrogens with two attached hydrogens (primary N) is 1. The number of hydrogen-bond acceptors (Lipinski definition) is 15. The van der Waals surface area contributed by atoms with Crippen molar-refractivity contribution >= 4 is 29.4 Å². The Bertz CT molecular complexity index is 2030. The summed E-state index contributed by atoms with van der Waals surface area (Å²) in [5.41, 5.74) is 5.74. The van der Waals surface area contributed by atoms with E-state index in [0.29, 0.717) is 5.69 Å². The van der Waals surface area contributed by atoms with Gasteiger partial charge in [-0.15, -0.1) is 0 Å². The molecule has 0 aliphatic carbocycles. The summed E-state index contributed by atoms with van der Waals surface area (Å²) in [7, 11) is 2.95. The Kier molecular flexibility index (Phi) is 18.1. The molecule has 3 aliphatic heterocycles. The third-order valence-electron chi connectivity index (χ3n) is 9.62. The van der Waals surface area contributed by atoms with Crippen molar-refractivity contribution in [3.8, 4) is 0 Å². The number of alkyl halides is 6. The quantitative estimate of drug-likeness (QED) is 0.120. The van der Waals surface area contributed by atoms with E-state index in [1.165, 1.54) is 11.9 Å². The maximum atomic E-state index is 14.3. The number of anilines is 1. The van der Waals surface area contributed by atoms with Crippen molar-refractivity contribution in [3.05, 3.63) is 74.7 Å². The number of aromatic amines is 1. The molecule has 63 heavy (non-hydrogen) atoms. The van der Waals surface area contributed by atoms with E-state index in [9.17, 15) is 65.9 Å². The first-order valence-corrected chi connectivity index (χ1v) is 18.6. The topological polar surface area (TPSA) is 317 Å². The third-order valence-corrected chi connectivity index (χ3v) is 9.62. The molecule has 0 radical (unpaired) electrons. The number of hydrogen-bond donors (Lipinski definition) is 9. The van der Waals surface area contributed by atoms with Crippen LogP contribution in [0, 0.1) is 0 Å². The fourth-order valence-corrected chi connectivity index (χ4v) is 6.28. The number of ether oxygens (including phenoxy) is 3. The second-order valence-electron chi connectivity index (χ2n) is 14.1. The van der Waals surface area contributed by atoms with Crippen molar-refractivity contribution in [2.75, 3.05) is 32.5 Å². The zero-order chi connectivity index (χ0) is 47.7. The predicted molar refractivity (Wildman–Crippen MR) is 200 cm³/mol. The Labute approximate surface area is 351 Å². The van der Waals surface area contributed by atoms with Gasteiger partial charge in [0, 0.05) is 38.1 Å².